The molecule has 0 aromatic heterocycles. The van der Waals surface area contributed by atoms with Crippen LogP contribution < -0.4 is 0 Å². The Bertz CT molecular complexity index is 69.0. The van der Waals surface area contributed by atoms with Gasteiger partial charge in [-0.05, 0) is 11.8 Å². The highest BCUT2D eigenvalue weighted by molar-refractivity contribution is 4.65. The fraction of sp³-hybridized carbons (Fsp3) is 1.00. The molecule has 0 aromatic carbocycles. The van der Waals surface area contributed by atoms with E-state index in [-0.39, 0.29) is 6.10 Å². The maximum absolute atomic E-state index is 9.39. The standard InChI is InChI=1S/C8H18O/c1-5-7(4)8(9)6(2)3/h6-9H,5H2,1-4H3/t7?,8-/m1/s1. The molecule has 1 heteroatoms. The van der Waals surface area contributed by atoms with Crippen molar-refractivity contribution in [2.24, 2.45) is 11.8 Å². The van der Waals surface area contributed by atoms with E-state index in [1.807, 2.05) is 0 Å². The molecule has 9 heavy (non-hydrogen) atoms. The molecular formula is C8H18O. The van der Waals surface area contributed by atoms with Gasteiger partial charge in [-0.2, -0.15) is 0 Å². The molecule has 0 saturated carbocycles. The lowest BCUT2D eigenvalue weighted by atomic mass is 9.93. The van der Waals surface area contributed by atoms with Gasteiger partial charge in [-0.25, -0.2) is 0 Å². The average molecular weight is 130 g/mol. The molecular weight excluding hydrogens is 112 g/mol. The minimum absolute atomic E-state index is 0.116. The van der Waals surface area contributed by atoms with Crippen molar-refractivity contribution in [2.75, 3.05) is 0 Å². The predicted molar refractivity (Wildman–Crippen MR) is 40.3 cm³/mol. The molecule has 0 spiro atoms. The van der Waals surface area contributed by atoms with Gasteiger partial charge < -0.3 is 5.11 Å². The summed E-state index contributed by atoms with van der Waals surface area (Å²) in [5, 5.41) is 9.39. The summed E-state index contributed by atoms with van der Waals surface area (Å²) in [7, 11) is 0. The molecule has 0 aliphatic heterocycles. The summed E-state index contributed by atoms with van der Waals surface area (Å²) < 4.78 is 0. The quantitative estimate of drug-likeness (QED) is 0.620. The summed E-state index contributed by atoms with van der Waals surface area (Å²) in [5.41, 5.74) is 0. The van der Waals surface area contributed by atoms with Crippen LogP contribution >= 0.6 is 0 Å². The van der Waals surface area contributed by atoms with Gasteiger partial charge in [0.2, 0.25) is 0 Å². The van der Waals surface area contributed by atoms with Crippen LogP contribution in [-0.2, 0) is 0 Å². The Kier molecular flexibility index (Phi) is 3.87. The lowest BCUT2D eigenvalue weighted by molar-refractivity contribution is 0.0707. The topological polar surface area (TPSA) is 20.2 Å². The smallest absolute Gasteiger partial charge is 0.0588 e. The minimum atomic E-state index is -0.116. The Morgan fingerprint density at radius 1 is 1.22 bits per heavy atom. The first-order valence-electron chi connectivity index (χ1n) is 3.77. The van der Waals surface area contributed by atoms with Gasteiger partial charge in [0.15, 0.2) is 0 Å². The molecule has 0 rings (SSSR count). The van der Waals surface area contributed by atoms with Crippen LogP contribution in [0.3, 0.4) is 0 Å². The van der Waals surface area contributed by atoms with Crippen LogP contribution in [0, 0.1) is 11.8 Å². The third-order valence-corrected chi connectivity index (χ3v) is 1.91. The fourth-order valence-electron chi connectivity index (χ4n) is 0.899. The summed E-state index contributed by atoms with van der Waals surface area (Å²) >= 11 is 0. The highest BCUT2D eigenvalue weighted by Crippen LogP contribution is 2.14. The van der Waals surface area contributed by atoms with Crippen molar-refractivity contribution in [3.05, 3.63) is 0 Å². The monoisotopic (exact) mass is 130 g/mol. The van der Waals surface area contributed by atoms with Crippen molar-refractivity contribution < 1.29 is 5.11 Å². The Labute approximate surface area is 58.1 Å². The van der Waals surface area contributed by atoms with Crippen LogP contribution in [0.4, 0.5) is 0 Å². The molecule has 0 fully saturated rings. The summed E-state index contributed by atoms with van der Waals surface area (Å²) in [4.78, 5) is 0. The molecule has 0 aliphatic carbocycles. The summed E-state index contributed by atoms with van der Waals surface area (Å²) in [5.74, 6) is 0.852. The molecule has 1 N–H and O–H groups in total. The maximum atomic E-state index is 9.39. The molecule has 1 nitrogen and oxygen atoms in total. The normalized spacial score (nSPS) is 18.0. The highest BCUT2D eigenvalue weighted by Gasteiger charge is 2.14. The van der Waals surface area contributed by atoms with Gasteiger partial charge in [-0.3, -0.25) is 0 Å². The van der Waals surface area contributed by atoms with Gasteiger partial charge in [0.25, 0.3) is 0 Å². The Hall–Kier alpha value is -0.0400. The van der Waals surface area contributed by atoms with Crippen LogP contribution in [0.2, 0.25) is 0 Å². The molecule has 0 heterocycles. The van der Waals surface area contributed by atoms with Gasteiger partial charge in [-0.15, -0.1) is 0 Å². The van der Waals surface area contributed by atoms with Gasteiger partial charge >= 0.3 is 0 Å². The predicted octanol–water partition coefficient (Wildman–Crippen LogP) is 2.05. The lowest BCUT2D eigenvalue weighted by Crippen LogP contribution is -2.22. The molecule has 2 atom stereocenters. The van der Waals surface area contributed by atoms with Crippen LogP contribution in [0.5, 0.6) is 0 Å². The Balaban J connectivity index is 3.58. The second-order valence-corrected chi connectivity index (χ2v) is 3.12. The largest absolute Gasteiger partial charge is 0.393 e. The van der Waals surface area contributed by atoms with Crippen molar-refractivity contribution in [3.63, 3.8) is 0 Å². The Morgan fingerprint density at radius 3 is 1.78 bits per heavy atom. The van der Waals surface area contributed by atoms with Gasteiger partial charge in [0, 0.05) is 0 Å². The number of rotatable bonds is 3. The first kappa shape index (κ1) is 8.96. The highest BCUT2D eigenvalue weighted by atomic mass is 16.3. The zero-order valence-corrected chi connectivity index (χ0v) is 6.89. The third kappa shape index (κ3) is 2.85. The molecule has 0 aromatic rings. The van der Waals surface area contributed by atoms with Gasteiger partial charge in [0.1, 0.15) is 0 Å². The Morgan fingerprint density at radius 2 is 1.67 bits per heavy atom. The second kappa shape index (κ2) is 3.89. The lowest BCUT2D eigenvalue weighted by Gasteiger charge is -2.20. The van der Waals surface area contributed by atoms with Crippen molar-refractivity contribution in [1.29, 1.82) is 0 Å². The number of aliphatic hydroxyl groups excluding tert-OH is 1. The minimum Gasteiger partial charge on any atom is -0.393 e. The fourth-order valence-corrected chi connectivity index (χ4v) is 0.899. The third-order valence-electron chi connectivity index (χ3n) is 1.91. The van der Waals surface area contributed by atoms with E-state index in [9.17, 15) is 5.11 Å². The molecule has 0 aliphatic rings. The molecule has 0 bridgehead atoms. The first-order valence-corrected chi connectivity index (χ1v) is 3.77. The van der Waals surface area contributed by atoms with Gasteiger partial charge in [-0.1, -0.05) is 34.1 Å². The van der Waals surface area contributed by atoms with Gasteiger partial charge in [0.05, 0.1) is 6.10 Å². The van der Waals surface area contributed by atoms with E-state index in [4.69, 9.17) is 0 Å². The second-order valence-electron chi connectivity index (χ2n) is 3.12. The van der Waals surface area contributed by atoms with Crippen molar-refractivity contribution >= 4 is 0 Å². The van der Waals surface area contributed by atoms with Crippen LogP contribution in [0.15, 0.2) is 0 Å². The van der Waals surface area contributed by atoms with Crippen molar-refractivity contribution in [1.82, 2.24) is 0 Å². The van der Waals surface area contributed by atoms with Crippen LogP contribution in [0.25, 0.3) is 0 Å². The zero-order chi connectivity index (χ0) is 7.44. The molecule has 0 radical (unpaired) electrons. The average Bonchev–Trinajstić information content (AvgIpc) is 1.84. The van der Waals surface area contributed by atoms with E-state index < -0.39 is 0 Å². The summed E-state index contributed by atoms with van der Waals surface area (Å²) in [6, 6.07) is 0. The molecule has 0 amide bonds. The SMILES string of the molecule is CCC(C)[C@H](O)C(C)C. The van der Waals surface area contributed by atoms with E-state index in [1.54, 1.807) is 0 Å². The van der Waals surface area contributed by atoms with Crippen molar-refractivity contribution in [2.45, 2.75) is 40.2 Å². The maximum Gasteiger partial charge on any atom is 0.0588 e. The van der Waals surface area contributed by atoms with E-state index in [0.29, 0.717) is 11.8 Å². The summed E-state index contributed by atoms with van der Waals surface area (Å²) in [6.07, 6.45) is 0.953. The first-order chi connectivity index (χ1) is 4.09. The number of hydrogen-bond acceptors (Lipinski definition) is 1. The zero-order valence-electron chi connectivity index (χ0n) is 6.89. The van der Waals surface area contributed by atoms with E-state index in [1.165, 1.54) is 0 Å². The molecule has 56 valence electrons. The molecule has 1 unspecified atom stereocenters. The number of hydrogen-bond donors (Lipinski definition) is 1. The van der Waals surface area contributed by atoms with Crippen molar-refractivity contribution in [3.8, 4) is 0 Å². The van der Waals surface area contributed by atoms with Crippen LogP contribution in [0.1, 0.15) is 34.1 Å². The van der Waals surface area contributed by atoms with E-state index >= 15 is 0 Å². The summed E-state index contributed by atoms with van der Waals surface area (Å²) in [6.45, 7) is 8.30. The van der Waals surface area contributed by atoms with E-state index in [0.717, 1.165) is 6.42 Å². The van der Waals surface area contributed by atoms with E-state index in [2.05, 4.69) is 27.7 Å². The molecule has 0 saturated heterocycles. The number of aliphatic hydroxyl groups is 1. The van der Waals surface area contributed by atoms with Crippen LogP contribution in [-0.4, -0.2) is 11.2 Å².